The summed E-state index contributed by atoms with van der Waals surface area (Å²) < 4.78 is 28.7. The van der Waals surface area contributed by atoms with Gasteiger partial charge in [-0.3, -0.25) is 4.18 Å². The van der Waals surface area contributed by atoms with Crippen LogP contribution in [0.15, 0.2) is 23.1 Å². The van der Waals surface area contributed by atoms with E-state index in [2.05, 4.69) is 0 Å². The molecule has 0 fully saturated rings. The molecule has 0 unspecified atom stereocenters. The molecule has 1 aromatic carbocycles. The monoisotopic (exact) mass is 242 g/mol. The molecule has 16 heavy (non-hydrogen) atoms. The topological polar surface area (TPSA) is 43.4 Å². The molecule has 90 valence electrons. The van der Waals surface area contributed by atoms with E-state index in [9.17, 15) is 8.42 Å². The molecule has 0 aliphatic rings. The van der Waals surface area contributed by atoms with Gasteiger partial charge in [-0.15, -0.1) is 0 Å². The summed E-state index contributed by atoms with van der Waals surface area (Å²) in [6.45, 7) is 7.75. The Bertz CT molecular complexity index is 461. The number of aryl methyl sites for hydroxylation is 2. The van der Waals surface area contributed by atoms with Crippen molar-refractivity contribution in [1.29, 1.82) is 0 Å². The maximum atomic E-state index is 11.8. The minimum Gasteiger partial charge on any atom is -0.266 e. The molecule has 1 rings (SSSR count). The zero-order valence-corrected chi connectivity index (χ0v) is 11.0. The second-order valence-corrected chi connectivity index (χ2v) is 5.99. The molecule has 0 aromatic heterocycles. The van der Waals surface area contributed by atoms with E-state index in [0.717, 1.165) is 11.1 Å². The normalized spacial score (nSPS) is 12.1. The number of hydrogen-bond acceptors (Lipinski definition) is 3. The summed E-state index contributed by atoms with van der Waals surface area (Å²) in [6, 6.07) is 5.21. The van der Waals surface area contributed by atoms with Gasteiger partial charge in [-0.05, 0) is 31.4 Å². The third kappa shape index (κ3) is 3.32. The SMILES string of the molecule is Cc1ccc(S(=O)(=O)OCC(C)C)c(C)c1. The highest BCUT2D eigenvalue weighted by atomic mass is 32.2. The molecule has 0 aliphatic carbocycles. The van der Waals surface area contributed by atoms with Crippen molar-refractivity contribution in [2.75, 3.05) is 6.61 Å². The van der Waals surface area contributed by atoms with Crippen molar-refractivity contribution in [3.63, 3.8) is 0 Å². The van der Waals surface area contributed by atoms with Crippen LogP contribution in [-0.4, -0.2) is 15.0 Å². The molecule has 0 atom stereocenters. The summed E-state index contributed by atoms with van der Waals surface area (Å²) in [5.74, 6) is 0.195. The molecule has 0 amide bonds. The van der Waals surface area contributed by atoms with Crippen LogP contribution in [0.25, 0.3) is 0 Å². The van der Waals surface area contributed by atoms with Crippen molar-refractivity contribution >= 4 is 10.1 Å². The van der Waals surface area contributed by atoms with Crippen molar-refractivity contribution in [1.82, 2.24) is 0 Å². The van der Waals surface area contributed by atoms with Gasteiger partial charge in [0.25, 0.3) is 10.1 Å². The first-order valence-corrected chi connectivity index (χ1v) is 6.70. The molecule has 0 spiro atoms. The van der Waals surface area contributed by atoms with Crippen LogP contribution < -0.4 is 0 Å². The van der Waals surface area contributed by atoms with Crippen molar-refractivity contribution in [2.24, 2.45) is 5.92 Å². The van der Waals surface area contributed by atoms with Gasteiger partial charge in [0, 0.05) is 0 Å². The third-order valence-corrected chi connectivity index (χ3v) is 3.60. The van der Waals surface area contributed by atoms with E-state index in [1.54, 1.807) is 19.1 Å². The van der Waals surface area contributed by atoms with Gasteiger partial charge in [-0.25, -0.2) is 0 Å². The fraction of sp³-hybridized carbons (Fsp3) is 0.500. The van der Waals surface area contributed by atoms with E-state index < -0.39 is 10.1 Å². The van der Waals surface area contributed by atoms with Crippen molar-refractivity contribution in [3.8, 4) is 0 Å². The summed E-state index contributed by atoms with van der Waals surface area (Å²) in [4.78, 5) is 0.263. The summed E-state index contributed by atoms with van der Waals surface area (Å²) in [6.07, 6.45) is 0. The van der Waals surface area contributed by atoms with Gasteiger partial charge in [0.2, 0.25) is 0 Å². The second kappa shape index (κ2) is 4.97. The van der Waals surface area contributed by atoms with Crippen LogP contribution in [0.3, 0.4) is 0 Å². The molecule has 0 radical (unpaired) electrons. The molecule has 3 nitrogen and oxygen atoms in total. The van der Waals surface area contributed by atoms with Crippen LogP contribution in [0.1, 0.15) is 25.0 Å². The Morgan fingerprint density at radius 3 is 2.38 bits per heavy atom. The molecule has 4 heteroatoms. The highest BCUT2D eigenvalue weighted by Gasteiger charge is 2.18. The van der Waals surface area contributed by atoms with Crippen molar-refractivity contribution < 1.29 is 12.6 Å². The number of rotatable bonds is 4. The van der Waals surface area contributed by atoms with Crippen LogP contribution in [0.5, 0.6) is 0 Å². The molecule has 0 saturated heterocycles. The lowest BCUT2D eigenvalue weighted by molar-refractivity contribution is 0.275. The van der Waals surface area contributed by atoms with Gasteiger partial charge >= 0.3 is 0 Å². The molecular weight excluding hydrogens is 224 g/mol. The lowest BCUT2D eigenvalue weighted by atomic mass is 10.2. The summed E-state index contributed by atoms with van der Waals surface area (Å²) in [7, 11) is -3.60. The largest absolute Gasteiger partial charge is 0.297 e. The minimum atomic E-state index is -3.60. The van der Waals surface area contributed by atoms with Gasteiger partial charge in [0.1, 0.15) is 0 Å². The van der Waals surface area contributed by atoms with E-state index >= 15 is 0 Å². The lowest BCUT2D eigenvalue weighted by Crippen LogP contribution is -2.12. The average molecular weight is 242 g/mol. The highest BCUT2D eigenvalue weighted by molar-refractivity contribution is 7.86. The van der Waals surface area contributed by atoms with Crippen LogP contribution in [-0.2, 0) is 14.3 Å². The van der Waals surface area contributed by atoms with E-state index in [0.29, 0.717) is 0 Å². The Morgan fingerprint density at radius 1 is 1.25 bits per heavy atom. The van der Waals surface area contributed by atoms with Crippen LogP contribution in [0, 0.1) is 19.8 Å². The smallest absolute Gasteiger partial charge is 0.266 e. The van der Waals surface area contributed by atoms with E-state index in [4.69, 9.17) is 4.18 Å². The average Bonchev–Trinajstić information content (AvgIpc) is 2.14. The molecule has 0 saturated carbocycles. The lowest BCUT2D eigenvalue weighted by Gasteiger charge is -2.10. The molecule has 1 aromatic rings. The molecule has 0 aliphatic heterocycles. The van der Waals surface area contributed by atoms with Crippen LogP contribution in [0.2, 0.25) is 0 Å². The summed E-state index contributed by atoms with van der Waals surface area (Å²) in [5.41, 5.74) is 1.77. The third-order valence-electron chi connectivity index (χ3n) is 2.16. The number of hydrogen-bond donors (Lipinski definition) is 0. The Morgan fingerprint density at radius 2 is 1.88 bits per heavy atom. The molecule has 0 bridgehead atoms. The van der Waals surface area contributed by atoms with Gasteiger partial charge < -0.3 is 0 Å². The maximum Gasteiger partial charge on any atom is 0.297 e. The Balaban J connectivity index is 2.99. The standard InChI is InChI=1S/C12H18O3S/c1-9(2)8-15-16(13,14)12-6-5-10(3)7-11(12)4/h5-7,9H,8H2,1-4H3. The predicted octanol–water partition coefficient (Wildman–Crippen LogP) is 2.66. The quantitative estimate of drug-likeness (QED) is 0.762. The second-order valence-electron chi connectivity index (χ2n) is 4.40. The first-order valence-electron chi connectivity index (χ1n) is 5.29. The van der Waals surface area contributed by atoms with Gasteiger partial charge in [0.15, 0.2) is 0 Å². The Hall–Kier alpha value is -0.870. The first kappa shape index (κ1) is 13.2. The summed E-state index contributed by atoms with van der Waals surface area (Å²) >= 11 is 0. The fourth-order valence-electron chi connectivity index (χ4n) is 1.37. The number of benzene rings is 1. The zero-order valence-electron chi connectivity index (χ0n) is 10.1. The van der Waals surface area contributed by atoms with E-state index in [1.165, 1.54) is 0 Å². The highest BCUT2D eigenvalue weighted by Crippen LogP contribution is 2.19. The Kier molecular flexibility index (Phi) is 4.10. The molecule has 0 heterocycles. The molecular formula is C12H18O3S. The fourth-order valence-corrected chi connectivity index (χ4v) is 2.64. The van der Waals surface area contributed by atoms with Crippen molar-refractivity contribution in [2.45, 2.75) is 32.6 Å². The Labute approximate surface area is 97.6 Å². The van der Waals surface area contributed by atoms with Crippen LogP contribution in [0.4, 0.5) is 0 Å². The van der Waals surface area contributed by atoms with Crippen LogP contribution >= 0.6 is 0 Å². The van der Waals surface area contributed by atoms with Gasteiger partial charge in [-0.1, -0.05) is 31.5 Å². The molecule has 0 N–H and O–H groups in total. The maximum absolute atomic E-state index is 11.8. The van der Waals surface area contributed by atoms with Gasteiger partial charge in [0.05, 0.1) is 11.5 Å². The van der Waals surface area contributed by atoms with Gasteiger partial charge in [-0.2, -0.15) is 8.42 Å². The zero-order chi connectivity index (χ0) is 12.3. The first-order chi connectivity index (χ1) is 7.33. The minimum absolute atomic E-state index is 0.195. The van der Waals surface area contributed by atoms with E-state index in [-0.39, 0.29) is 17.4 Å². The van der Waals surface area contributed by atoms with E-state index in [1.807, 2.05) is 26.8 Å². The predicted molar refractivity (Wildman–Crippen MR) is 63.9 cm³/mol. The van der Waals surface area contributed by atoms with Crippen molar-refractivity contribution in [3.05, 3.63) is 29.3 Å². The summed E-state index contributed by atoms with van der Waals surface area (Å²) in [5, 5.41) is 0.